The number of fused-ring (bicyclic) bond motifs is 3. The van der Waals surface area contributed by atoms with Crippen LogP contribution in [0.5, 0.6) is 0 Å². The van der Waals surface area contributed by atoms with Crippen molar-refractivity contribution in [1.29, 1.82) is 0 Å². The number of nitro benzene ring substituents is 1. The van der Waals surface area contributed by atoms with E-state index in [1.54, 1.807) is 24.3 Å². The molecule has 4 rings (SSSR count). The quantitative estimate of drug-likeness (QED) is 0.239. The highest BCUT2D eigenvalue weighted by atomic mass is 32.1. The van der Waals surface area contributed by atoms with E-state index in [9.17, 15) is 28.1 Å². The standard InChI is InChI=1S/C20H17F3N6O3S/c1-25-17(30)14-7-3-5-9-16(14)28-18(25)24-27(19(28)33)12-26(11-20(21,22)23)10-13-6-2-4-8-15(13)29(31)32/h2-9H,10-12H2,1H3. The minimum atomic E-state index is -4.57. The van der Waals surface area contributed by atoms with Crippen LogP contribution in [0.4, 0.5) is 18.9 Å². The zero-order chi connectivity index (χ0) is 23.9. The lowest BCUT2D eigenvalue weighted by Crippen LogP contribution is -2.35. The topological polar surface area (TPSA) is 90.6 Å². The van der Waals surface area contributed by atoms with Crippen molar-refractivity contribution in [2.75, 3.05) is 6.54 Å². The summed E-state index contributed by atoms with van der Waals surface area (Å²) >= 11 is 5.48. The maximum absolute atomic E-state index is 13.3. The van der Waals surface area contributed by atoms with E-state index in [2.05, 4.69) is 5.10 Å². The van der Waals surface area contributed by atoms with Crippen molar-refractivity contribution in [2.24, 2.45) is 7.05 Å². The van der Waals surface area contributed by atoms with Crippen LogP contribution >= 0.6 is 12.2 Å². The molecule has 0 aliphatic rings. The Morgan fingerprint density at radius 3 is 2.52 bits per heavy atom. The van der Waals surface area contributed by atoms with E-state index < -0.39 is 24.3 Å². The lowest BCUT2D eigenvalue weighted by atomic mass is 10.1. The van der Waals surface area contributed by atoms with Gasteiger partial charge in [0.05, 0.1) is 29.0 Å². The lowest BCUT2D eigenvalue weighted by Gasteiger charge is -2.23. The average Bonchev–Trinajstić information content (AvgIpc) is 3.07. The van der Waals surface area contributed by atoms with E-state index in [-0.39, 0.29) is 33.9 Å². The molecule has 0 amide bonds. The van der Waals surface area contributed by atoms with Gasteiger partial charge in [0.25, 0.3) is 11.2 Å². The summed E-state index contributed by atoms with van der Waals surface area (Å²) in [5, 5.41) is 16.0. The fraction of sp³-hybridized carbons (Fsp3) is 0.250. The van der Waals surface area contributed by atoms with Crippen LogP contribution < -0.4 is 5.56 Å². The molecule has 172 valence electrons. The van der Waals surface area contributed by atoms with Crippen molar-refractivity contribution in [3.63, 3.8) is 0 Å². The summed E-state index contributed by atoms with van der Waals surface area (Å²) in [7, 11) is 1.50. The van der Waals surface area contributed by atoms with E-state index in [0.717, 1.165) is 4.90 Å². The first-order chi connectivity index (χ1) is 15.6. The van der Waals surface area contributed by atoms with Gasteiger partial charge in [0.15, 0.2) is 0 Å². The highest BCUT2D eigenvalue weighted by molar-refractivity contribution is 7.71. The summed E-state index contributed by atoms with van der Waals surface area (Å²) < 4.78 is 44.0. The fourth-order valence-corrected chi connectivity index (χ4v) is 3.98. The smallest absolute Gasteiger partial charge is 0.279 e. The van der Waals surface area contributed by atoms with E-state index in [1.165, 1.54) is 45.0 Å². The van der Waals surface area contributed by atoms with Crippen molar-refractivity contribution < 1.29 is 18.1 Å². The second-order valence-corrected chi connectivity index (χ2v) is 7.79. The molecule has 0 saturated carbocycles. The van der Waals surface area contributed by atoms with Crippen LogP contribution in [0.15, 0.2) is 53.3 Å². The van der Waals surface area contributed by atoms with Gasteiger partial charge < -0.3 is 0 Å². The predicted octanol–water partition coefficient (Wildman–Crippen LogP) is 3.65. The van der Waals surface area contributed by atoms with Gasteiger partial charge in [0, 0.05) is 25.2 Å². The third-order valence-corrected chi connectivity index (χ3v) is 5.51. The van der Waals surface area contributed by atoms with Gasteiger partial charge in [-0.15, -0.1) is 5.10 Å². The molecule has 2 aromatic carbocycles. The molecule has 4 aromatic rings. The summed E-state index contributed by atoms with van der Waals surface area (Å²) in [6.45, 7) is -2.09. The van der Waals surface area contributed by atoms with Crippen LogP contribution in [0.25, 0.3) is 16.7 Å². The first-order valence-corrected chi connectivity index (χ1v) is 10.1. The normalized spacial score (nSPS) is 12.2. The zero-order valence-corrected chi connectivity index (χ0v) is 18.0. The van der Waals surface area contributed by atoms with Crippen LogP contribution in [0, 0.1) is 14.9 Å². The molecule has 0 aliphatic carbocycles. The van der Waals surface area contributed by atoms with Crippen molar-refractivity contribution in [3.05, 3.63) is 79.3 Å². The number of alkyl halides is 3. The predicted molar refractivity (Wildman–Crippen MR) is 116 cm³/mol. The monoisotopic (exact) mass is 478 g/mol. The second-order valence-electron chi connectivity index (χ2n) is 7.43. The minimum Gasteiger partial charge on any atom is -0.279 e. The molecule has 0 aliphatic heterocycles. The Labute approximate surface area is 189 Å². The Morgan fingerprint density at radius 1 is 1.15 bits per heavy atom. The molecule has 9 nitrogen and oxygen atoms in total. The molecule has 2 heterocycles. The minimum absolute atomic E-state index is 0.0894. The Morgan fingerprint density at radius 2 is 1.82 bits per heavy atom. The number of aryl methyl sites for hydroxylation is 1. The molecule has 0 saturated heterocycles. The Balaban J connectivity index is 1.81. The van der Waals surface area contributed by atoms with Crippen LogP contribution in [-0.4, -0.2) is 41.3 Å². The summed E-state index contributed by atoms with van der Waals surface area (Å²) in [6.07, 6.45) is -4.57. The highest BCUT2D eigenvalue weighted by Gasteiger charge is 2.32. The van der Waals surface area contributed by atoms with Crippen molar-refractivity contribution in [2.45, 2.75) is 19.4 Å². The Bertz CT molecular complexity index is 1490. The number of hydrogen-bond acceptors (Lipinski definition) is 6. The second kappa shape index (κ2) is 8.41. The van der Waals surface area contributed by atoms with Gasteiger partial charge in [-0.1, -0.05) is 30.3 Å². The number of benzene rings is 2. The van der Waals surface area contributed by atoms with Gasteiger partial charge in [-0.3, -0.25) is 28.8 Å². The molecule has 0 bridgehead atoms. The van der Waals surface area contributed by atoms with Crippen LogP contribution in [0.3, 0.4) is 0 Å². The number of halogens is 3. The van der Waals surface area contributed by atoms with Gasteiger partial charge in [-0.2, -0.15) is 13.2 Å². The number of nitrogens with zero attached hydrogens (tertiary/aromatic N) is 6. The van der Waals surface area contributed by atoms with Crippen molar-refractivity contribution in [1.82, 2.24) is 23.6 Å². The zero-order valence-electron chi connectivity index (χ0n) is 17.2. The number of aromatic nitrogens is 4. The first kappa shape index (κ1) is 22.6. The molecule has 0 atom stereocenters. The number of para-hydroxylation sites is 2. The molecule has 0 unspecified atom stereocenters. The summed E-state index contributed by atoms with van der Waals surface area (Å²) in [4.78, 5) is 24.3. The fourth-order valence-electron chi connectivity index (χ4n) is 3.70. The molecule has 0 radical (unpaired) electrons. The maximum Gasteiger partial charge on any atom is 0.401 e. The van der Waals surface area contributed by atoms with Crippen molar-refractivity contribution >= 4 is 34.6 Å². The molecule has 0 spiro atoms. The summed E-state index contributed by atoms with van der Waals surface area (Å²) in [6, 6.07) is 12.3. The largest absolute Gasteiger partial charge is 0.401 e. The molecule has 13 heteroatoms. The van der Waals surface area contributed by atoms with E-state index >= 15 is 0 Å². The van der Waals surface area contributed by atoms with Crippen LogP contribution in [-0.2, 0) is 20.3 Å². The molecule has 2 aromatic heterocycles. The Hall–Kier alpha value is -3.58. The third kappa shape index (κ3) is 4.36. The number of rotatable bonds is 6. The Kier molecular flexibility index (Phi) is 5.76. The summed E-state index contributed by atoms with van der Waals surface area (Å²) in [5.41, 5.74) is 0.00164. The molecular weight excluding hydrogens is 461 g/mol. The lowest BCUT2D eigenvalue weighted by molar-refractivity contribution is -0.385. The molecule has 33 heavy (non-hydrogen) atoms. The van der Waals surface area contributed by atoms with Crippen molar-refractivity contribution in [3.8, 4) is 0 Å². The first-order valence-electron chi connectivity index (χ1n) is 9.65. The maximum atomic E-state index is 13.3. The third-order valence-electron chi connectivity index (χ3n) is 5.12. The average molecular weight is 478 g/mol. The van der Waals surface area contributed by atoms with E-state index in [1.807, 2.05) is 0 Å². The number of hydrogen-bond donors (Lipinski definition) is 0. The van der Waals surface area contributed by atoms with Gasteiger partial charge in [-0.05, 0) is 24.4 Å². The molecular formula is C20H17F3N6O3S. The number of nitro groups is 1. The van der Waals surface area contributed by atoms with Gasteiger partial charge in [-0.25, -0.2) is 4.68 Å². The van der Waals surface area contributed by atoms with Crippen LogP contribution in [0.2, 0.25) is 0 Å². The molecule has 0 N–H and O–H groups in total. The van der Waals surface area contributed by atoms with Gasteiger partial charge >= 0.3 is 6.18 Å². The summed E-state index contributed by atoms with van der Waals surface area (Å²) in [5.74, 6) is 0.168. The van der Waals surface area contributed by atoms with Gasteiger partial charge in [0.1, 0.15) is 0 Å². The van der Waals surface area contributed by atoms with E-state index in [4.69, 9.17) is 12.2 Å². The van der Waals surface area contributed by atoms with Gasteiger partial charge in [0.2, 0.25) is 10.5 Å². The highest BCUT2D eigenvalue weighted by Crippen LogP contribution is 2.24. The van der Waals surface area contributed by atoms with E-state index in [0.29, 0.717) is 10.9 Å². The molecule has 0 fully saturated rings. The SMILES string of the molecule is Cn1c(=O)c2ccccc2n2c(=S)n(CN(Cc3ccccc3[N+](=O)[O-])CC(F)(F)F)nc12. The van der Waals surface area contributed by atoms with Crippen LogP contribution in [0.1, 0.15) is 5.56 Å².